The number of anilines is 1. The van der Waals surface area contributed by atoms with Crippen LogP contribution in [0.1, 0.15) is 36.6 Å². The van der Waals surface area contributed by atoms with Crippen molar-refractivity contribution in [3.63, 3.8) is 0 Å². The number of H-pyrrole nitrogens is 1. The Balaban J connectivity index is 1.26. The molecule has 0 radical (unpaired) electrons. The summed E-state index contributed by atoms with van der Waals surface area (Å²) in [4.78, 5) is 57.5. The van der Waals surface area contributed by atoms with E-state index in [0.29, 0.717) is 28.8 Å². The molecule has 3 heterocycles. The molecule has 2 aliphatic carbocycles. The maximum Gasteiger partial charge on any atom is 0.344 e. The highest BCUT2D eigenvalue weighted by atomic mass is 35.5. The first-order chi connectivity index (χ1) is 20.8. The van der Waals surface area contributed by atoms with Crippen molar-refractivity contribution in [3.8, 4) is 11.5 Å². The molecule has 2 aromatic carbocycles. The van der Waals surface area contributed by atoms with Gasteiger partial charge < -0.3 is 19.2 Å². The van der Waals surface area contributed by atoms with Gasteiger partial charge in [-0.2, -0.15) is 0 Å². The lowest BCUT2D eigenvalue weighted by molar-refractivity contribution is -0.145. The number of aromatic amines is 1. The van der Waals surface area contributed by atoms with Gasteiger partial charge in [0.05, 0.1) is 35.8 Å². The summed E-state index contributed by atoms with van der Waals surface area (Å²) in [7, 11) is 0. The van der Waals surface area contributed by atoms with Gasteiger partial charge in [0.25, 0.3) is 0 Å². The number of nitrogens with zero attached hydrogens (tertiary/aromatic N) is 1. The van der Waals surface area contributed by atoms with Gasteiger partial charge in [-0.05, 0) is 80.0 Å². The van der Waals surface area contributed by atoms with Crippen LogP contribution in [-0.2, 0) is 19.1 Å². The van der Waals surface area contributed by atoms with Gasteiger partial charge in [0, 0.05) is 21.1 Å². The van der Waals surface area contributed by atoms with Crippen molar-refractivity contribution in [3.05, 3.63) is 67.6 Å². The smallest absolute Gasteiger partial charge is 0.344 e. The van der Waals surface area contributed by atoms with E-state index in [1.807, 2.05) is 19.1 Å². The van der Waals surface area contributed by atoms with E-state index in [-0.39, 0.29) is 64.7 Å². The number of aromatic nitrogens is 1. The summed E-state index contributed by atoms with van der Waals surface area (Å²) in [5, 5.41) is 1.43. The van der Waals surface area contributed by atoms with E-state index in [2.05, 4.69) is 4.98 Å². The summed E-state index contributed by atoms with van der Waals surface area (Å²) in [6, 6.07) is 12.5. The van der Waals surface area contributed by atoms with Crippen molar-refractivity contribution < 1.29 is 28.6 Å². The van der Waals surface area contributed by atoms with E-state index < -0.39 is 11.9 Å². The van der Waals surface area contributed by atoms with Crippen molar-refractivity contribution in [1.82, 2.24) is 4.98 Å². The molecule has 4 aliphatic rings. The van der Waals surface area contributed by atoms with Gasteiger partial charge in [-0.15, -0.1) is 11.8 Å². The van der Waals surface area contributed by atoms with Crippen LogP contribution in [0.5, 0.6) is 11.5 Å². The van der Waals surface area contributed by atoms with Crippen molar-refractivity contribution >= 4 is 58.2 Å². The lowest BCUT2D eigenvalue weighted by atomic mass is 9.68. The summed E-state index contributed by atoms with van der Waals surface area (Å²) < 4.78 is 16.7. The van der Waals surface area contributed by atoms with Gasteiger partial charge in [0.2, 0.25) is 11.8 Å². The van der Waals surface area contributed by atoms with Gasteiger partial charge in [-0.25, -0.2) is 4.79 Å². The third-order valence-electron chi connectivity index (χ3n) is 9.09. The Bertz CT molecular complexity index is 1670. The highest BCUT2D eigenvalue weighted by Gasteiger charge is 2.69. The number of halogens is 1. The largest absolute Gasteiger partial charge is 0.490 e. The first-order valence-electron chi connectivity index (χ1n) is 14.4. The van der Waals surface area contributed by atoms with E-state index in [1.165, 1.54) is 16.2 Å². The Morgan fingerprint density at radius 1 is 0.977 bits per heavy atom. The highest BCUT2D eigenvalue weighted by molar-refractivity contribution is 8.00. The van der Waals surface area contributed by atoms with Crippen LogP contribution in [0.15, 0.2) is 52.3 Å². The standard InChI is InChI=1S/C31H29ClN2O7S2/c1-3-39-20-11-14(5-10-19(20)41-13-21(35)40-4-2)22-23-17-12-18(26(23)42-28-27(22)43-31(38)33-28)25-24(17)29(36)34(30(25)37)16-8-6-15(32)7-9-16/h5-11,17-18,22-26H,3-4,12-13H2,1-2H3,(H,33,38)/t17-,18-,22-,23?,24?,25?,26?/m1/s1. The van der Waals surface area contributed by atoms with Gasteiger partial charge in [0.1, 0.15) is 0 Å². The Hall–Kier alpha value is -3.28. The van der Waals surface area contributed by atoms with Crippen LogP contribution in [0.2, 0.25) is 5.02 Å². The van der Waals surface area contributed by atoms with Crippen LogP contribution in [-0.4, -0.2) is 47.8 Å². The molecule has 7 atom stereocenters. The zero-order chi connectivity index (χ0) is 30.0. The number of ether oxygens (including phenoxy) is 3. The molecule has 224 valence electrons. The molecule has 7 rings (SSSR count). The fourth-order valence-corrected chi connectivity index (χ4v) is 10.7. The minimum atomic E-state index is -0.470. The fraction of sp³-hybridized carbons (Fsp3) is 0.419. The number of fused-ring (bicyclic) bond motifs is 9. The monoisotopic (exact) mass is 640 g/mol. The normalized spacial score (nSPS) is 28.4. The molecule has 1 N–H and O–H groups in total. The number of hydrogen-bond donors (Lipinski definition) is 1. The molecule has 2 amide bonds. The van der Waals surface area contributed by atoms with Crippen LogP contribution < -0.4 is 19.2 Å². The number of nitrogens with one attached hydrogen (secondary N) is 1. The topological polar surface area (TPSA) is 115 Å². The molecular weight excluding hydrogens is 612 g/mol. The minimum Gasteiger partial charge on any atom is -0.490 e. The highest BCUT2D eigenvalue weighted by Crippen LogP contribution is 2.68. The Labute approximate surface area is 260 Å². The van der Waals surface area contributed by atoms with Gasteiger partial charge in [0.15, 0.2) is 18.1 Å². The number of hydrogen-bond acceptors (Lipinski definition) is 9. The lowest BCUT2D eigenvalue weighted by Gasteiger charge is -2.43. The Kier molecular flexibility index (Phi) is 7.30. The number of amides is 2. The van der Waals surface area contributed by atoms with Crippen LogP contribution >= 0.6 is 34.7 Å². The second-order valence-electron chi connectivity index (χ2n) is 11.2. The second kappa shape index (κ2) is 11.0. The van der Waals surface area contributed by atoms with E-state index in [4.69, 9.17) is 25.8 Å². The quantitative estimate of drug-likeness (QED) is 0.267. The molecule has 3 aromatic rings. The Morgan fingerprint density at radius 2 is 1.72 bits per heavy atom. The molecule has 43 heavy (non-hydrogen) atoms. The molecule has 9 nitrogen and oxygen atoms in total. The van der Waals surface area contributed by atoms with Crippen molar-refractivity contribution in [2.45, 2.75) is 36.5 Å². The number of thiazole rings is 1. The molecule has 2 aliphatic heterocycles. The average Bonchev–Trinajstić information content (AvgIpc) is 3.72. The third kappa shape index (κ3) is 4.58. The van der Waals surface area contributed by atoms with E-state index in [9.17, 15) is 19.2 Å². The van der Waals surface area contributed by atoms with E-state index in [1.54, 1.807) is 49.0 Å². The molecule has 2 bridgehead atoms. The summed E-state index contributed by atoms with van der Waals surface area (Å²) in [6.07, 6.45) is 0.790. The summed E-state index contributed by atoms with van der Waals surface area (Å²) in [5.41, 5.74) is 1.48. The SMILES string of the molecule is CCOC(=O)COc1ccc([C@H]2c3sc(=O)[nH]c3SC3C2[C@H]2C[C@@H]3C3C(=O)N(c4ccc(Cl)cc4)C(=O)C32)cc1OCC. The number of carbonyl (C=O) groups excluding carboxylic acids is 3. The zero-order valence-electron chi connectivity index (χ0n) is 23.4. The number of thioether (sulfide) groups is 1. The lowest BCUT2D eigenvalue weighted by Crippen LogP contribution is -2.42. The number of rotatable bonds is 8. The molecule has 1 saturated heterocycles. The third-order valence-corrected chi connectivity index (χ3v) is 11.9. The average molecular weight is 641 g/mol. The molecular formula is C31H29ClN2O7S2. The minimum absolute atomic E-state index is 0.0105. The molecule has 0 spiro atoms. The molecule has 2 saturated carbocycles. The maximum absolute atomic E-state index is 13.9. The first kappa shape index (κ1) is 28.5. The molecule has 1 aromatic heterocycles. The number of esters is 1. The van der Waals surface area contributed by atoms with Crippen LogP contribution in [0, 0.1) is 29.6 Å². The van der Waals surface area contributed by atoms with Gasteiger partial charge in [-0.3, -0.25) is 19.3 Å². The van der Waals surface area contributed by atoms with E-state index >= 15 is 0 Å². The van der Waals surface area contributed by atoms with Crippen LogP contribution in [0.4, 0.5) is 5.69 Å². The summed E-state index contributed by atoms with van der Waals surface area (Å²) in [5.74, 6) is -0.794. The van der Waals surface area contributed by atoms with Crippen LogP contribution in [0.25, 0.3) is 0 Å². The summed E-state index contributed by atoms with van der Waals surface area (Å²) in [6.45, 7) is 4.02. The zero-order valence-corrected chi connectivity index (χ0v) is 25.8. The molecule has 12 heteroatoms. The number of imide groups is 1. The second-order valence-corrected chi connectivity index (χ2v) is 13.8. The first-order valence-corrected chi connectivity index (χ1v) is 16.5. The maximum atomic E-state index is 13.9. The Morgan fingerprint density at radius 3 is 2.44 bits per heavy atom. The fourth-order valence-electron chi connectivity index (χ4n) is 7.68. The van der Waals surface area contributed by atoms with Gasteiger partial charge >= 0.3 is 10.8 Å². The van der Waals surface area contributed by atoms with Crippen LogP contribution in [0.3, 0.4) is 0 Å². The predicted octanol–water partition coefficient (Wildman–Crippen LogP) is 5.11. The predicted molar refractivity (Wildman–Crippen MR) is 162 cm³/mol. The van der Waals surface area contributed by atoms with E-state index in [0.717, 1.165) is 21.9 Å². The van der Waals surface area contributed by atoms with Gasteiger partial charge in [-0.1, -0.05) is 29.0 Å². The summed E-state index contributed by atoms with van der Waals surface area (Å²) >= 11 is 8.92. The molecule has 4 unspecified atom stereocenters. The molecule has 3 fully saturated rings. The number of benzene rings is 2. The van der Waals surface area contributed by atoms with Crippen molar-refractivity contribution in [2.24, 2.45) is 29.6 Å². The van der Waals surface area contributed by atoms with Crippen molar-refractivity contribution in [2.75, 3.05) is 24.7 Å². The number of carbonyl (C=O) groups is 3. The van der Waals surface area contributed by atoms with Crippen molar-refractivity contribution in [1.29, 1.82) is 0 Å².